The van der Waals surface area contributed by atoms with E-state index in [1.165, 1.54) is 25.9 Å². The van der Waals surface area contributed by atoms with Gasteiger partial charge in [-0.1, -0.05) is 20.8 Å². The van der Waals surface area contributed by atoms with Crippen molar-refractivity contribution in [2.45, 2.75) is 40.0 Å². The predicted octanol–water partition coefficient (Wildman–Crippen LogP) is 2.29. The largest absolute Gasteiger partial charge is 0.370 e. The van der Waals surface area contributed by atoms with E-state index in [1.54, 1.807) is 0 Å². The van der Waals surface area contributed by atoms with Crippen molar-refractivity contribution in [3.05, 3.63) is 0 Å². The number of nitrogens with two attached hydrogens (primary N) is 1. The van der Waals surface area contributed by atoms with E-state index in [1.807, 2.05) is 0 Å². The molecule has 0 saturated carbocycles. The van der Waals surface area contributed by atoms with E-state index >= 15 is 0 Å². The number of aliphatic imine (C=N–C) groups is 1. The summed E-state index contributed by atoms with van der Waals surface area (Å²) in [6.45, 7) is 12.0. The molecule has 3 N–H and O–H groups in total. The minimum atomic E-state index is 0. The van der Waals surface area contributed by atoms with E-state index in [4.69, 9.17) is 5.73 Å². The van der Waals surface area contributed by atoms with Gasteiger partial charge in [-0.05, 0) is 44.2 Å². The number of rotatable bonds is 6. The monoisotopic (exact) mass is 382 g/mol. The van der Waals surface area contributed by atoms with Gasteiger partial charge in [0, 0.05) is 19.6 Å². The number of nitrogens with one attached hydrogen (secondary N) is 1. The molecule has 0 aromatic carbocycles. The van der Waals surface area contributed by atoms with E-state index in [9.17, 15) is 0 Å². The first-order chi connectivity index (χ1) is 8.58. The fraction of sp³-hybridized carbons (Fsp3) is 0.929. The molecule has 0 atom stereocenters. The number of halogens is 1. The highest BCUT2D eigenvalue weighted by molar-refractivity contribution is 14.0. The Hall–Kier alpha value is -0.0400. The first-order valence-corrected chi connectivity index (χ1v) is 7.34. The Kier molecular flexibility index (Phi) is 10.7. The van der Waals surface area contributed by atoms with Gasteiger partial charge in [0.05, 0.1) is 0 Å². The second-order valence-electron chi connectivity index (χ2n) is 5.90. The molecule has 0 aliphatic carbocycles. The number of piperidine rings is 1. The van der Waals surface area contributed by atoms with E-state index < -0.39 is 0 Å². The molecule has 1 heterocycles. The number of hydrogen-bond donors (Lipinski definition) is 2. The van der Waals surface area contributed by atoms with Gasteiger partial charge in [-0.15, -0.1) is 24.0 Å². The highest BCUT2D eigenvalue weighted by Gasteiger charge is 2.14. The second kappa shape index (κ2) is 10.7. The summed E-state index contributed by atoms with van der Waals surface area (Å²) in [4.78, 5) is 6.83. The summed E-state index contributed by atoms with van der Waals surface area (Å²) in [6, 6.07) is 0. The SMILES string of the molecule is CC(C)CCN=C(N)NCCN1CCC(C)CC1.I. The highest BCUT2D eigenvalue weighted by Crippen LogP contribution is 2.14. The smallest absolute Gasteiger partial charge is 0.188 e. The minimum Gasteiger partial charge on any atom is -0.370 e. The molecule has 1 aliphatic heterocycles. The van der Waals surface area contributed by atoms with Crippen molar-refractivity contribution in [3.63, 3.8) is 0 Å². The third-order valence-corrected chi connectivity index (χ3v) is 3.60. The van der Waals surface area contributed by atoms with Crippen molar-refractivity contribution in [2.75, 3.05) is 32.7 Å². The first kappa shape index (κ1) is 19.0. The van der Waals surface area contributed by atoms with Gasteiger partial charge < -0.3 is 16.0 Å². The molecule has 0 amide bonds. The zero-order valence-electron chi connectivity index (χ0n) is 12.7. The molecule has 0 bridgehead atoms. The van der Waals surface area contributed by atoms with Crippen LogP contribution in [-0.4, -0.2) is 43.6 Å². The average Bonchev–Trinajstić information content (AvgIpc) is 2.31. The number of hydrogen-bond acceptors (Lipinski definition) is 2. The van der Waals surface area contributed by atoms with Crippen LogP contribution in [0.5, 0.6) is 0 Å². The fourth-order valence-electron chi connectivity index (χ4n) is 2.13. The van der Waals surface area contributed by atoms with E-state index in [-0.39, 0.29) is 24.0 Å². The molecule has 1 fully saturated rings. The lowest BCUT2D eigenvalue weighted by molar-refractivity contribution is 0.195. The van der Waals surface area contributed by atoms with Crippen LogP contribution >= 0.6 is 24.0 Å². The predicted molar refractivity (Wildman–Crippen MR) is 94.2 cm³/mol. The molecule has 1 rings (SSSR count). The van der Waals surface area contributed by atoms with Crippen molar-refractivity contribution >= 4 is 29.9 Å². The van der Waals surface area contributed by atoms with Gasteiger partial charge in [0.15, 0.2) is 5.96 Å². The van der Waals surface area contributed by atoms with E-state index in [0.29, 0.717) is 11.9 Å². The minimum absolute atomic E-state index is 0. The number of likely N-dealkylation sites (tertiary alicyclic amines) is 1. The Balaban J connectivity index is 0.00000324. The average molecular weight is 382 g/mol. The maximum Gasteiger partial charge on any atom is 0.188 e. The van der Waals surface area contributed by atoms with Crippen molar-refractivity contribution in [1.82, 2.24) is 10.2 Å². The molecule has 4 nitrogen and oxygen atoms in total. The lowest BCUT2D eigenvalue weighted by Gasteiger charge is -2.30. The van der Waals surface area contributed by atoms with Gasteiger partial charge >= 0.3 is 0 Å². The van der Waals surface area contributed by atoms with Crippen LogP contribution in [0.15, 0.2) is 4.99 Å². The Morgan fingerprint density at radius 1 is 1.37 bits per heavy atom. The molecule has 19 heavy (non-hydrogen) atoms. The maximum atomic E-state index is 5.82. The third kappa shape index (κ3) is 9.49. The summed E-state index contributed by atoms with van der Waals surface area (Å²) in [5.74, 6) is 2.19. The Bertz CT molecular complexity index is 248. The maximum absolute atomic E-state index is 5.82. The lowest BCUT2D eigenvalue weighted by atomic mass is 9.99. The summed E-state index contributed by atoms with van der Waals surface area (Å²) < 4.78 is 0. The molecular formula is C14H31IN4. The fourth-order valence-corrected chi connectivity index (χ4v) is 2.13. The topological polar surface area (TPSA) is 53.6 Å². The summed E-state index contributed by atoms with van der Waals surface area (Å²) >= 11 is 0. The Morgan fingerprint density at radius 2 is 2.00 bits per heavy atom. The van der Waals surface area contributed by atoms with Gasteiger partial charge in [-0.3, -0.25) is 4.99 Å². The van der Waals surface area contributed by atoms with Crippen LogP contribution in [0.25, 0.3) is 0 Å². The molecule has 0 spiro atoms. The van der Waals surface area contributed by atoms with Crippen molar-refractivity contribution in [3.8, 4) is 0 Å². The molecule has 0 unspecified atom stereocenters. The quantitative estimate of drug-likeness (QED) is 0.421. The zero-order valence-corrected chi connectivity index (χ0v) is 15.0. The summed E-state index contributed by atoms with van der Waals surface area (Å²) in [5, 5.41) is 3.20. The van der Waals surface area contributed by atoms with Crippen LogP contribution < -0.4 is 11.1 Å². The molecule has 114 valence electrons. The highest BCUT2D eigenvalue weighted by atomic mass is 127. The molecule has 1 aliphatic rings. The normalized spacial score (nSPS) is 18.4. The molecule has 5 heteroatoms. The summed E-state index contributed by atoms with van der Waals surface area (Å²) in [6.07, 6.45) is 3.77. The molecule has 0 aromatic rings. The van der Waals surface area contributed by atoms with Crippen LogP contribution in [0, 0.1) is 11.8 Å². The third-order valence-electron chi connectivity index (χ3n) is 3.60. The molecule has 0 aromatic heterocycles. The van der Waals surface area contributed by atoms with E-state index in [0.717, 1.165) is 32.0 Å². The van der Waals surface area contributed by atoms with Crippen LogP contribution in [-0.2, 0) is 0 Å². The van der Waals surface area contributed by atoms with Crippen molar-refractivity contribution in [1.29, 1.82) is 0 Å². The second-order valence-corrected chi connectivity index (χ2v) is 5.90. The summed E-state index contributed by atoms with van der Waals surface area (Å²) in [7, 11) is 0. The number of nitrogens with zero attached hydrogens (tertiary/aromatic N) is 2. The number of guanidine groups is 1. The molecular weight excluding hydrogens is 351 g/mol. The van der Waals surface area contributed by atoms with Crippen molar-refractivity contribution in [2.24, 2.45) is 22.6 Å². The first-order valence-electron chi connectivity index (χ1n) is 7.34. The van der Waals surface area contributed by atoms with Gasteiger partial charge in [0.2, 0.25) is 0 Å². The van der Waals surface area contributed by atoms with E-state index in [2.05, 4.69) is 36.0 Å². The molecule has 1 saturated heterocycles. The van der Waals surface area contributed by atoms with Gasteiger partial charge in [-0.2, -0.15) is 0 Å². The summed E-state index contributed by atoms with van der Waals surface area (Å²) in [5.41, 5.74) is 5.82. The standard InChI is InChI=1S/C14H30N4.HI/c1-12(2)4-7-16-14(15)17-8-11-18-9-5-13(3)6-10-18;/h12-13H,4-11H2,1-3H3,(H3,15,16,17);1H. The Morgan fingerprint density at radius 3 is 2.58 bits per heavy atom. The zero-order chi connectivity index (χ0) is 13.4. The van der Waals surface area contributed by atoms with Crippen molar-refractivity contribution < 1.29 is 0 Å². The Labute approximate surface area is 135 Å². The van der Waals surface area contributed by atoms with Gasteiger partial charge in [-0.25, -0.2) is 0 Å². The van der Waals surface area contributed by atoms with Crippen LogP contribution in [0.4, 0.5) is 0 Å². The van der Waals surface area contributed by atoms with Gasteiger partial charge in [0.25, 0.3) is 0 Å². The molecule has 0 radical (unpaired) electrons. The van der Waals surface area contributed by atoms with Gasteiger partial charge in [0.1, 0.15) is 0 Å². The van der Waals surface area contributed by atoms with Crippen LogP contribution in [0.3, 0.4) is 0 Å². The van der Waals surface area contributed by atoms with Crippen LogP contribution in [0.2, 0.25) is 0 Å². The van der Waals surface area contributed by atoms with Crippen LogP contribution in [0.1, 0.15) is 40.0 Å². The lowest BCUT2D eigenvalue weighted by Crippen LogP contribution is -2.41.